The van der Waals surface area contributed by atoms with Crippen LogP contribution in [0.4, 0.5) is 0 Å². The fourth-order valence-electron chi connectivity index (χ4n) is 4.53. The van der Waals surface area contributed by atoms with Crippen LogP contribution in [0, 0.1) is 0 Å². The number of aryl methyl sites for hydroxylation is 1. The van der Waals surface area contributed by atoms with E-state index in [1.165, 1.54) is 61.9 Å². The van der Waals surface area contributed by atoms with Gasteiger partial charge in [-0.15, -0.1) is 0 Å². The Bertz CT molecular complexity index is 896. The Hall–Kier alpha value is -1.65. The third-order valence-electron chi connectivity index (χ3n) is 6.24. The summed E-state index contributed by atoms with van der Waals surface area (Å²) in [6.45, 7) is 4.22. The minimum absolute atomic E-state index is 0.142. The van der Waals surface area contributed by atoms with Crippen molar-refractivity contribution in [2.24, 2.45) is 0 Å². The Labute approximate surface area is 163 Å². The lowest BCUT2D eigenvalue weighted by Gasteiger charge is -2.37. The molecule has 2 aromatic carbocycles. The minimum Gasteiger partial charge on any atom is -0.300 e. The van der Waals surface area contributed by atoms with Gasteiger partial charge >= 0.3 is 0 Å². The van der Waals surface area contributed by atoms with Gasteiger partial charge in [0.05, 0.1) is 10.6 Å². The van der Waals surface area contributed by atoms with Crippen molar-refractivity contribution in [3.8, 4) is 11.1 Å². The Morgan fingerprint density at radius 3 is 2.33 bits per heavy atom. The van der Waals surface area contributed by atoms with Gasteiger partial charge in [-0.25, -0.2) is 8.42 Å². The Morgan fingerprint density at radius 1 is 0.926 bits per heavy atom. The van der Waals surface area contributed by atoms with Crippen molar-refractivity contribution in [1.29, 1.82) is 0 Å². The van der Waals surface area contributed by atoms with Gasteiger partial charge in [-0.2, -0.15) is 0 Å². The fourth-order valence-corrected chi connectivity index (χ4v) is 5.42. The van der Waals surface area contributed by atoms with Crippen LogP contribution in [0.2, 0.25) is 0 Å². The highest BCUT2D eigenvalue weighted by Crippen LogP contribution is 2.30. The molecular formula is C23H29NO2S. The first-order valence-corrected chi connectivity index (χ1v) is 11.9. The average molecular weight is 384 g/mol. The number of nitrogens with zero attached hydrogens (tertiary/aromatic N) is 1. The molecule has 0 bridgehead atoms. The van der Waals surface area contributed by atoms with Crippen molar-refractivity contribution in [2.75, 3.05) is 18.8 Å². The summed E-state index contributed by atoms with van der Waals surface area (Å²) in [6, 6.07) is 14.8. The Kier molecular flexibility index (Phi) is 5.38. The number of piperidine rings is 1. The van der Waals surface area contributed by atoms with Gasteiger partial charge in [0.1, 0.15) is 0 Å². The van der Waals surface area contributed by atoms with Gasteiger partial charge < -0.3 is 4.90 Å². The minimum atomic E-state index is -3.13. The zero-order valence-electron chi connectivity index (χ0n) is 16.2. The molecule has 3 nitrogen and oxygen atoms in total. The number of benzene rings is 2. The molecule has 1 aliphatic heterocycles. The van der Waals surface area contributed by atoms with E-state index in [1.54, 1.807) is 19.1 Å². The molecule has 2 aliphatic rings. The maximum Gasteiger partial charge on any atom is 0.178 e. The number of sulfone groups is 1. The fraction of sp³-hybridized carbons (Fsp3) is 0.478. The number of rotatable bonds is 4. The van der Waals surface area contributed by atoms with E-state index in [-0.39, 0.29) is 5.75 Å². The summed E-state index contributed by atoms with van der Waals surface area (Å²) in [5, 5.41) is 0. The lowest BCUT2D eigenvalue weighted by Crippen LogP contribution is -2.42. The molecule has 4 rings (SSSR count). The predicted molar refractivity (Wildman–Crippen MR) is 111 cm³/mol. The van der Waals surface area contributed by atoms with Crippen molar-refractivity contribution in [3.63, 3.8) is 0 Å². The van der Waals surface area contributed by atoms with Crippen LogP contribution in [0.15, 0.2) is 47.4 Å². The molecule has 1 unspecified atom stereocenters. The average Bonchev–Trinajstić information content (AvgIpc) is 2.73. The maximum atomic E-state index is 12.0. The second kappa shape index (κ2) is 7.76. The van der Waals surface area contributed by atoms with Crippen molar-refractivity contribution in [2.45, 2.75) is 56.4 Å². The summed E-state index contributed by atoms with van der Waals surface area (Å²) in [6.07, 6.45) is 7.67. The van der Waals surface area contributed by atoms with Gasteiger partial charge in [-0.1, -0.05) is 43.7 Å². The van der Waals surface area contributed by atoms with E-state index in [0.717, 1.165) is 12.0 Å². The molecule has 1 fully saturated rings. The van der Waals surface area contributed by atoms with Gasteiger partial charge in [-0.3, -0.25) is 0 Å². The second-order valence-electron chi connectivity index (χ2n) is 7.90. The summed E-state index contributed by atoms with van der Waals surface area (Å²) in [5.74, 6) is 0.142. The van der Waals surface area contributed by atoms with Gasteiger partial charge in [0, 0.05) is 6.04 Å². The third-order valence-corrected chi connectivity index (χ3v) is 7.99. The van der Waals surface area contributed by atoms with Crippen LogP contribution < -0.4 is 0 Å². The first-order chi connectivity index (χ1) is 13.1. The molecule has 0 saturated carbocycles. The molecular weight excluding hydrogens is 354 g/mol. The smallest absolute Gasteiger partial charge is 0.178 e. The molecule has 0 radical (unpaired) electrons. The maximum absolute atomic E-state index is 12.0. The molecule has 1 atom stereocenters. The first kappa shape index (κ1) is 18.7. The van der Waals surface area contributed by atoms with E-state index in [2.05, 4.69) is 23.1 Å². The molecule has 0 spiro atoms. The molecule has 2 aromatic rings. The quantitative estimate of drug-likeness (QED) is 0.781. The topological polar surface area (TPSA) is 37.4 Å². The van der Waals surface area contributed by atoms with E-state index in [9.17, 15) is 8.42 Å². The van der Waals surface area contributed by atoms with Crippen LogP contribution in [0.1, 0.15) is 43.7 Å². The van der Waals surface area contributed by atoms with Crippen LogP contribution in [0.5, 0.6) is 0 Å². The predicted octanol–water partition coefficient (Wildman–Crippen LogP) is 4.49. The SMILES string of the molecule is CCS(=O)(=O)c1ccc(-c2ccc3c(c2)CCC(N2CCCCC2)C3)cc1. The summed E-state index contributed by atoms with van der Waals surface area (Å²) in [4.78, 5) is 3.11. The van der Waals surface area contributed by atoms with E-state index in [1.807, 2.05) is 12.1 Å². The highest BCUT2D eigenvalue weighted by atomic mass is 32.2. The normalized spacial score (nSPS) is 21.0. The van der Waals surface area contributed by atoms with Crippen molar-refractivity contribution < 1.29 is 8.42 Å². The van der Waals surface area contributed by atoms with Crippen molar-refractivity contribution in [3.05, 3.63) is 53.6 Å². The van der Waals surface area contributed by atoms with Crippen molar-refractivity contribution >= 4 is 9.84 Å². The largest absolute Gasteiger partial charge is 0.300 e. The van der Waals surface area contributed by atoms with Crippen LogP contribution in [-0.2, 0) is 22.7 Å². The first-order valence-electron chi connectivity index (χ1n) is 10.3. The molecule has 144 valence electrons. The van der Waals surface area contributed by atoms with Crippen LogP contribution in [0.25, 0.3) is 11.1 Å². The molecule has 1 saturated heterocycles. The molecule has 0 aromatic heterocycles. The molecule has 1 heterocycles. The van der Waals surface area contributed by atoms with Gasteiger partial charge in [0.2, 0.25) is 0 Å². The third kappa shape index (κ3) is 3.97. The van der Waals surface area contributed by atoms with Gasteiger partial charge in [0.25, 0.3) is 0 Å². The summed E-state index contributed by atoms with van der Waals surface area (Å²) in [5.41, 5.74) is 5.23. The van der Waals surface area contributed by atoms with Crippen LogP contribution in [0.3, 0.4) is 0 Å². The Balaban J connectivity index is 1.52. The molecule has 0 amide bonds. The second-order valence-corrected chi connectivity index (χ2v) is 10.2. The van der Waals surface area contributed by atoms with Crippen LogP contribution in [-0.4, -0.2) is 38.2 Å². The molecule has 4 heteroatoms. The highest BCUT2D eigenvalue weighted by molar-refractivity contribution is 7.91. The van der Waals surface area contributed by atoms with E-state index < -0.39 is 9.84 Å². The zero-order chi connectivity index (χ0) is 18.9. The lowest BCUT2D eigenvalue weighted by atomic mass is 9.85. The standard InChI is InChI=1S/C23H29NO2S/c1-2-27(25,26)23-12-9-18(10-13-23)19-6-7-21-17-22(11-8-20(21)16-19)24-14-4-3-5-15-24/h6-7,9-10,12-13,16,22H,2-5,8,11,14-15,17H2,1H3. The van der Waals surface area contributed by atoms with Gasteiger partial charge in [0.15, 0.2) is 9.84 Å². The van der Waals surface area contributed by atoms with E-state index in [0.29, 0.717) is 10.9 Å². The summed E-state index contributed by atoms with van der Waals surface area (Å²) < 4.78 is 24.0. The Morgan fingerprint density at radius 2 is 1.63 bits per heavy atom. The lowest BCUT2D eigenvalue weighted by molar-refractivity contribution is 0.150. The monoisotopic (exact) mass is 383 g/mol. The van der Waals surface area contributed by atoms with E-state index >= 15 is 0 Å². The van der Waals surface area contributed by atoms with E-state index in [4.69, 9.17) is 0 Å². The van der Waals surface area contributed by atoms with Crippen molar-refractivity contribution in [1.82, 2.24) is 4.90 Å². The van der Waals surface area contributed by atoms with Crippen LogP contribution >= 0.6 is 0 Å². The number of fused-ring (bicyclic) bond motifs is 1. The molecule has 1 aliphatic carbocycles. The zero-order valence-corrected chi connectivity index (χ0v) is 17.0. The number of likely N-dealkylation sites (tertiary alicyclic amines) is 1. The molecule has 27 heavy (non-hydrogen) atoms. The summed E-state index contributed by atoms with van der Waals surface area (Å²) >= 11 is 0. The number of hydrogen-bond donors (Lipinski definition) is 0. The molecule has 0 N–H and O–H groups in total. The summed E-state index contributed by atoms with van der Waals surface area (Å²) in [7, 11) is -3.13. The number of hydrogen-bond acceptors (Lipinski definition) is 3. The van der Waals surface area contributed by atoms with Gasteiger partial charge in [-0.05, 0) is 79.6 Å². The highest BCUT2D eigenvalue weighted by Gasteiger charge is 2.25.